The number of likely N-dealkylation sites (N-methyl/N-ethyl adjacent to an activating group) is 1. The lowest BCUT2D eigenvalue weighted by molar-refractivity contribution is -0.193. The predicted molar refractivity (Wildman–Crippen MR) is 98.9 cm³/mol. The number of benzene rings is 1. The molecule has 6 unspecified atom stereocenters. The maximum atomic E-state index is 11.8. The van der Waals surface area contributed by atoms with Gasteiger partial charge in [-0.05, 0) is 12.1 Å². The van der Waals surface area contributed by atoms with Crippen LogP contribution in [0.3, 0.4) is 0 Å². The van der Waals surface area contributed by atoms with Gasteiger partial charge >= 0.3 is 17.9 Å². The molecule has 1 aromatic carbocycles. The molecule has 1 aliphatic heterocycles. The second-order valence-electron chi connectivity index (χ2n) is 6.74. The van der Waals surface area contributed by atoms with Crippen molar-refractivity contribution in [1.82, 2.24) is 5.06 Å². The van der Waals surface area contributed by atoms with Crippen LogP contribution in [0.25, 0.3) is 0 Å². The van der Waals surface area contributed by atoms with E-state index in [0.29, 0.717) is 0 Å². The van der Waals surface area contributed by atoms with E-state index in [1.807, 2.05) is 30.3 Å². The lowest BCUT2D eigenvalue weighted by Gasteiger charge is -2.29. The van der Waals surface area contributed by atoms with Gasteiger partial charge in [-0.15, -0.1) is 0 Å². The number of hydrogen-bond acceptors (Lipinski definition) is 9. The van der Waals surface area contributed by atoms with Crippen LogP contribution in [0.4, 0.5) is 0 Å². The Morgan fingerprint density at radius 1 is 0.893 bits per heavy atom. The van der Waals surface area contributed by atoms with E-state index < -0.39 is 47.7 Å². The van der Waals surface area contributed by atoms with Crippen molar-refractivity contribution >= 4 is 29.7 Å². The van der Waals surface area contributed by atoms with Gasteiger partial charge in [-0.1, -0.05) is 30.0 Å². The van der Waals surface area contributed by atoms with Crippen LogP contribution < -0.4 is 0 Å². The lowest BCUT2D eigenvalue weighted by atomic mass is 10.0. The summed E-state index contributed by atoms with van der Waals surface area (Å²) in [5, 5.41) is 1.60. The van der Waals surface area contributed by atoms with Crippen molar-refractivity contribution in [3.63, 3.8) is 0 Å². The fraction of sp³-hybridized carbons (Fsp3) is 0.526. The fourth-order valence-corrected chi connectivity index (χ4v) is 5.04. The standard InChI is InChI=1S/C19H23NO7S/c1-10(21)24-16-14-15(17(25-11(2)22)18(16)26-12(3)23)20(4)27-19(14)28-13-8-6-5-7-9-13/h5-9,14-19H,1-4H3. The van der Waals surface area contributed by atoms with Crippen molar-refractivity contribution in [3.05, 3.63) is 30.3 Å². The van der Waals surface area contributed by atoms with Crippen LogP contribution in [-0.2, 0) is 33.4 Å². The minimum atomic E-state index is -0.912. The van der Waals surface area contributed by atoms with Crippen molar-refractivity contribution in [1.29, 1.82) is 0 Å². The molecule has 0 aromatic heterocycles. The molecule has 0 bridgehead atoms. The molecule has 28 heavy (non-hydrogen) atoms. The summed E-state index contributed by atoms with van der Waals surface area (Å²) in [5.74, 6) is -1.94. The summed E-state index contributed by atoms with van der Waals surface area (Å²) in [5.41, 5.74) is -0.416. The van der Waals surface area contributed by atoms with E-state index in [-0.39, 0.29) is 5.92 Å². The summed E-state index contributed by atoms with van der Waals surface area (Å²) in [6.45, 7) is 3.84. The number of hydrogen-bond donors (Lipinski definition) is 0. The van der Waals surface area contributed by atoms with Crippen LogP contribution in [0.2, 0.25) is 0 Å². The van der Waals surface area contributed by atoms with Crippen molar-refractivity contribution in [3.8, 4) is 0 Å². The molecule has 152 valence electrons. The highest BCUT2D eigenvalue weighted by molar-refractivity contribution is 7.99. The molecule has 2 fully saturated rings. The third-order valence-corrected chi connectivity index (χ3v) is 5.84. The van der Waals surface area contributed by atoms with Crippen LogP contribution in [0.5, 0.6) is 0 Å². The van der Waals surface area contributed by atoms with E-state index in [4.69, 9.17) is 19.0 Å². The average molecular weight is 409 g/mol. The summed E-state index contributed by atoms with van der Waals surface area (Å²) in [7, 11) is 1.72. The smallest absolute Gasteiger partial charge is 0.303 e. The topological polar surface area (TPSA) is 91.4 Å². The number of fused-ring (bicyclic) bond motifs is 1. The molecule has 1 saturated heterocycles. The zero-order chi connectivity index (χ0) is 20.4. The Balaban J connectivity index is 1.95. The summed E-state index contributed by atoms with van der Waals surface area (Å²) in [4.78, 5) is 42.1. The Morgan fingerprint density at radius 2 is 1.43 bits per heavy atom. The first-order valence-corrected chi connectivity index (χ1v) is 9.79. The number of ether oxygens (including phenoxy) is 3. The highest BCUT2D eigenvalue weighted by atomic mass is 32.2. The molecule has 9 heteroatoms. The summed E-state index contributed by atoms with van der Waals surface area (Å²) in [6, 6.07) is 9.21. The Morgan fingerprint density at radius 3 is 2.00 bits per heavy atom. The third-order valence-electron chi connectivity index (χ3n) is 4.66. The quantitative estimate of drug-likeness (QED) is 0.533. The molecule has 1 saturated carbocycles. The number of carbonyl (C=O) groups excluding carboxylic acids is 3. The highest BCUT2D eigenvalue weighted by Crippen LogP contribution is 2.48. The number of carbonyl (C=O) groups is 3. The van der Waals surface area contributed by atoms with Gasteiger partial charge < -0.3 is 14.2 Å². The van der Waals surface area contributed by atoms with Gasteiger partial charge in [-0.3, -0.25) is 19.2 Å². The van der Waals surface area contributed by atoms with Crippen molar-refractivity contribution in [2.45, 2.75) is 55.5 Å². The fourth-order valence-electron chi connectivity index (χ4n) is 3.81. The Labute approximate surface area is 167 Å². The second-order valence-corrected chi connectivity index (χ2v) is 7.91. The monoisotopic (exact) mass is 409 g/mol. The molecule has 2 aliphatic rings. The van der Waals surface area contributed by atoms with Gasteiger partial charge in [0.1, 0.15) is 5.44 Å². The third kappa shape index (κ3) is 4.31. The molecule has 0 amide bonds. The molecular formula is C19H23NO7S. The minimum absolute atomic E-state index is 0.368. The SMILES string of the molecule is CC(=O)OC1C(OC(C)=O)C2C(Sc3ccccc3)ON(C)C2C1OC(C)=O. The molecule has 1 aliphatic carbocycles. The van der Waals surface area contributed by atoms with E-state index in [0.717, 1.165) is 4.90 Å². The minimum Gasteiger partial charge on any atom is -0.458 e. The molecule has 3 rings (SSSR count). The lowest BCUT2D eigenvalue weighted by Crippen LogP contribution is -2.45. The number of esters is 3. The van der Waals surface area contributed by atoms with Gasteiger partial charge in [0.25, 0.3) is 0 Å². The first-order chi connectivity index (χ1) is 13.3. The van der Waals surface area contributed by atoms with Crippen LogP contribution in [0.15, 0.2) is 35.2 Å². The molecule has 0 radical (unpaired) electrons. The molecular weight excluding hydrogens is 386 g/mol. The van der Waals surface area contributed by atoms with E-state index >= 15 is 0 Å². The van der Waals surface area contributed by atoms with E-state index in [1.165, 1.54) is 32.5 Å². The Kier molecular flexibility index (Phi) is 6.26. The van der Waals surface area contributed by atoms with Crippen LogP contribution in [0, 0.1) is 5.92 Å². The van der Waals surface area contributed by atoms with Gasteiger partial charge in [0.15, 0.2) is 18.3 Å². The van der Waals surface area contributed by atoms with Crippen LogP contribution >= 0.6 is 11.8 Å². The van der Waals surface area contributed by atoms with Crippen LogP contribution in [-0.4, -0.2) is 59.8 Å². The predicted octanol–water partition coefficient (Wildman–Crippen LogP) is 1.78. The molecule has 6 atom stereocenters. The van der Waals surface area contributed by atoms with E-state index in [2.05, 4.69) is 0 Å². The average Bonchev–Trinajstić information content (AvgIpc) is 3.05. The van der Waals surface area contributed by atoms with Crippen molar-refractivity contribution in [2.75, 3.05) is 7.05 Å². The van der Waals surface area contributed by atoms with Gasteiger partial charge in [0.05, 0.1) is 12.0 Å². The zero-order valence-corrected chi connectivity index (χ0v) is 16.9. The maximum Gasteiger partial charge on any atom is 0.303 e. The van der Waals surface area contributed by atoms with Crippen molar-refractivity contribution < 1.29 is 33.4 Å². The number of thioether (sulfide) groups is 1. The second kappa shape index (κ2) is 8.50. The van der Waals surface area contributed by atoms with E-state index in [9.17, 15) is 14.4 Å². The molecule has 0 N–H and O–H groups in total. The largest absolute Gasteiger partial charge is 0.458 e. The number of nitrogens with zero attached hydrogens (tertiary/aromatic N) is 1. The normalized spacial score (nSPS) is 31.9. The first-order valence-electron chi connectivity index (χ1n) is 8.91. The summed E-state index contributed by atoms with van der Waals surface area (Å²) < 4.78 is 16.5. The molecule has 0 spiro atoms. The highest BCUT2D eigenvalue weighted by Gasteiger charge is 2.64. The van der Waals surface area contributed by atoms with Gasteiger partial charge in [0, 0.05) is 32.7 Å². The Hall–Kier alpha value is -2.10. The first kappa shape index (κ1) is 20.6. The van der Waals surface area contributed by atoms with Crippen LogP contribution in [0.1, 0.15) is 20.8 Å². The Bertz CT molecular complexity index is 743. The maximum absolute atomic E-state index is 11.8. The molecule has 8 nitrogen and oxygen atoms in total. The van der Waals surface area contributed by atoms with E-state index in [1.54, 1.807) is 12.1 Å². The summed E-state index contributed by atoms with van der Waals surface area (Å²) >= 11 is 1.47. The molecule has 1 heterocycles. The number of rotatable bonds is 5. The zero-order valence-electron chi connectivity index (χ0n) is 16.1. The molecule has 1 aromatic rings. The summed E-state index contributed by atoms with van der Waals surface area (Å²) in [6.07, 6.45) is -2.53. The number of hydroxylamine groups is 2. The van der Waals surface area contributed by atoms with Crippen molar-refractivity contribution in [2.24, 2.45) is 5.92 Å². The van der Waals surface area contributed by atoms with Gasteiger partial charge in [0.2, 0.25) is 0 Å². The van der Waals surface area contributed by atoms with Gasteiger partial charge in [-0.2, -0.15) is 5.06 Å². The van der Waals surface area contributed by atoms with Gasteiger partial charge in [-0.25, -0.2) is 0 Å².